The van der Waals surface area contributed by atoms with Crippen LogP contribution in [0.1, 0.15) is 22.8 Å². The summed E-state index contributed by atoms with van der Waals surface area (Å²) in [5.74, 6) is 0.538. The van der Waals surface area contributed by atoms with Gasteiger partial charge in [0.15, 0.2) is 5.82 Å². The number of alkyl halides is 3. The third-order valence-corrected chi connectivity index (χ3v) is 5.05. The molecule has 5 nitrogen and oxygen atoms in total. The molecule has 2 aromatic carbocycles. The van der Waals surface area contributed by atoms with E-state index in [-0.39, 0.29) is 12.2 Å². The fourth-order valence-electron chi connectivity index (χ4n) is 3.47. The molecule has 3 aromatic rings. The Labute approximate surface area is 170 Å². The van der Waals surface area contributed by atoms with Gasteiger partial charge < -0.3 is 9.42 Å². The Morgan fingerprint density at radius 1 is 0.967 bits per heavy atom. The molecule has 0 spiro atoms. The molecule has 0 atom stereocenters. The minimum atomic E-state index is -4.38. The van der Waals surface area contributed by atoms with Crippen molar-refractivity contribution in [3.8, 4) is 0 Å². The summed E-state index contributed by atoms with van der Waals surface area (Å²) in [4.78, 5) is 8.67. The van der Waals surface area contributed by atoms with E-state index in [2.05, 4.69) is 19.9 Å². The first-order valence-electron chi connectivity index (χ1n) is 9.57. The van der Waals surface area contributed by atoms with Crippen LogP contribution in [0.4, 0.5) is 23.2 Å². The predicted molar refractivity (Wildman–Crippen MR) is 102 cm³/mol. The molecule has 1 aromatic heterocycles. The number of hydrogen-bond acceptors (Lipinski definition) is 5. The average molecular weight is 420 g/mol. The Hall–Kier alpha value is -2.94. The van der Waals surface area contributed by atoms with E-state index in [9.17, 15) is 17.6 Å². The lowest BCUT2D eigenvalue weighted by atomic mass is 10.1. The smallest absolute Gasteiger partial charge is 0.369 e. The highest BCUT2D eigenvalue weighted by atomic mass is 19.4. The SMILES string of the molecule is Fc1ccc(N2CCN(Cc3nc(Cc4cccc(C(F)(F)F)c4)no3)CC2)cc1. The van der Waals surface area contributed by atoms with Crippen LogP contribution >= 0.6 is 0 Å². The van der Waals surface area contributed by atoms with Crippen molar-refractivity contribution in [2.24, 2.45) is 0 Å². The number of rotatable bonds is 5. The Kier molecular flexibility index (Phi) is 5.72. The third kappa shape index (κ3) is 4.96. The Bertz CT molecular complexity index is 979. The maximum absolute atomic E-state index is 13.1. The van der Waals surface area contributed by atoms with Gasteiger partial charge in [-0.2, -0.15) is 18.2 Å². The second-order valence-electron chi connectivity index (χ2n) is 7.22. The molecule has 4 rings (SSSR count). The number of anilines is 1. The maximum atomic E-state index is 13.1. The first-order valence-corrected chi connectivity index (χ1v) is 9.57. The van der Waals surface area contributed by atoms with Crippen molar-refractivity contribution >= 4 is 5.69 Å². The Morgan fingerprint density at radius 2 is 1.70 bits per heavy atom. The lowest BCUT2D eigenvalue weighted by Gasteiger charge is -2.35. The molecule has 1 saturated heterocycles. The maximum Gasteiger partial charge on any atom is 0.416 e. The number of piperazine rings is 1. The molecule has 0 amide bonds. The first-order chi connectivity index (χ1) is 14.4. The molecule has 9 heteroatoms. The number of halogens is 4. The second kappa shape index (κ2) is 8.43. The summed E-state index contributed by atoms with van der Waals surface area (Å²) < 4.78 is 56.9. The van der Waals surface area contributed by atoms with E-state index in [0.717, 1.165) is 44.0 Å². The molecule has 0 N–H and O–H groups in total. The van der Waals surface area contributed by atoms with Gasteiger partial charge in [-0.1, -0.05) is 23.4 Å². The minimum Gasteiger partial charge on any atom is -0.369 e. The summed E-state index contributed by atoms with van der Waals surface area (Å²) in [7, 11) is 0. The van der Waals surface area contributed by atoms with E-state index >= 15 is 0 Å². The van der Waals surface area contributed by atoms with Gasteiger partial charge in [0.05, 0.1) is 12.1 Å². The van der Waals surface area contributed by atoms with Crippen LogP contribution in [-0.2, 0) is 19.1 Å². The van der Waals surface area contributed by atoms with Crippen LogP contribution in [0, 0.1) is 5.82 Å². The van der Waals surface area contributed by atoms with Crippen molar-refractivity contribution in [2.75, 3.05) is 31.1 Å². The van der Waals surface area contributed by atoms with Crippen molar-refractivity contribution in [2.45, 2.75) is 19.1 Å². The lowest BCUT2D eigenvalue weighted by Crippen LogP contribution is -2.46. The highest BCUT2D eigenvalue weighted by Gasteiger charge is 2.30. The number of benzene rings is 2. The molecule has 2 heterocycles. The molecule has 1 fully saturated rings. The van der Waals surface area contributed by atoms with Crippen LogP contribution in [0.5, 0.6) is 0 Å². The van der Waals surface area contributed by atoms with E-state index < -0.39 is 11.7 Å². The van der Waals surface area contributed by atoms with E-state index in [1.54, 1.807) is 18.2 Å². The monoisotopic (exact) mass is 420 g/mol. The second-order valence-corrected chi connectivity index (χ2v) is 7.22. The third-order valence-electron chi connectivity index (χ3n) is 5.05. The van der Waals surface area contributed by atoms with Crippen molar-refractivity contribution in [1.82, 2.24) is 15.0 Å². The molecule has 0 aliphatic carbocycles. The molecule has 0 saturated carbocycles. The van der Waals surface area contributed by atoms with Crippen LogP contribution in [0.25, 0.3) is 0 Å². The van der Waals surface area contributed by atoms with E-state index in [1.807, 2.05) is 0 Å². The normalized spacial score (nSPS) is 15.5. The number of nitrogens with zero attached hydrogens (tertiary/aromatic N) is 4. The zero-order chi connectivity index (χ0) is 21.1. The highest BCUT2D eigenvalue weighted by Crippen LogP contribution is 2.29. The fourth-order valence-corrected chi connectivity index (χ4v) is 3.47. The molecule has 1 aliphatic heterocycles. The lowest BCUT2D eigenvalue weighted by molar-refractivity contribution is -0.137. The van der Waals surface area contributed by atoms with Gasteiger partial charge in [0.2, 0.25) is 5.89 Å². The molecular formula is C21H20F4N4O. The van der Waals surface area contributed by atoms with Gasteiger partial charge in [-0.3, -0.25) is 4.90 Å². The fraction of sp³-hybridized carbons (Fsp3) is 0.333. The number of aromatic nitrogens is 2. The summed E-state index contributed by atoms with van der Waals surface area (Å²) in [6, 6.07) is 11.6. The Morgan fingerprint density at radius 3 is 2.40 bits per heavy atom. The number of hydrogen-bond donors (Lipinski definition) is 0. The van der Waals surface area contributed by atoms with Gasteiger partial charge in [0.1, 0.15) is 5.82 Å². The van der Waals surface area contributed by atoms with E-state index in [1.165, 1.54) is 18.2 Å². The van der Waals surface area contributed by atoms with Crippen molar-refractivity contribution in [1.29, 1.82) is 0 Å². The summed E-state index contributed by atoms with van der Waals surface area (Å²) >= 11 is 0. The first kappa shape index (κ1) is 20.3. The summed E-state index contributed by atoms with van der Waals surface area (Å²) in [5, 5.41) is 3.90. The highest BCUT2D eigenvalue weighted by molar-refractivity contribution is 5.46. The van der Waals surface area contributed by atoms with Crippen LogP contribution in [-0.4, -0.2) is 41.2 Å². The quantitative estimate of drug-likeness (QED) is 0.581. The minimum absolute atomic E-state index is 0.172. The average Bonchev–Trinajstić information content (AvgIpc) is 3.15. The molecule has 1 aliphatic rings. The Balaban J connectivity index is 1.32. The van der Waals surface area contributed by atoms with Gasteiger partial charge in [-0.05, 0) is 35.9 Å². The zero-order valence-corrected chi connectivity index (χ0v) is 16.1. The molecular weight excluding hydrogens is 400 g/mol. The van der Waals surface area contributed by atoms with E-state index in [4.69, 9.17) is 4.52 Å². The van der Waals surface area contributed by atoms with Gasteiger partial charge in [-0.25, -0.2) is 4.39 Å². The van der Waals surface area contributed by atoms with Gasteiger partial charge in [0.25, 0.3) is 0 Å². The van der Waals surface area contributed by atoms with E-state index in [0.29, 0.717) is 23.8 Å². The standard InChI is InChI=1S/C21H20F4N4O/c22-17-4-6-18(7-5-17)29-10-8-28(9-11-29)14-20-26-19(27-30-20)13-15-2-1-3-16(12-15)21(23,24)25/h1-7,12H,8-11,13-14H2. The predicted octanol–water partition coefficient (Wildman–Crippen LogP) is 4.14. The van der Waals surface area contributed by atoms with Crippen LogP contribution in [0.2, 0.25) is 0 Å². The molecule has 158 valence electrons. The molecule has 30 heavy (non-hydrogen) atoms. The summed E-state index contributed by atoms with van der Waals surface area (Å²) in [6.07, 6.45) is -4.21. The molecule has 0 radical (unpaired) electrons. The summed E-state index contributed by atoms with van der Waals surface area (Å²) in [6.45, 7) is 3.62. The molecule has 0 bridgehead atoms. The molecule has 0 unspecified atom stereocenters. The zero-order valence-electron chi connectivity index (χ0n) is 16.1. The van der Waals surface area contributed by atoms with Crippen LogP contribution < -0.4 is 4.90 Å². The van der Waals surface area contributed by atoms with Crippen molar-refractivity contribution in [3.05, 3.63) is 77.2 Å². The largest absolute Gasteiger partial charge is 0.416 e. The summed E-state index contributed by atoms with van der Waals surface area (Å²) in [5.41, 5.74) is 0.769. The van der Waals surface area contributed by atoms with Gasteiger partial charge in [0, 0.05) is 38.3 Å². The van der Waals surface area contributed by atoms with Crippen LogP contribution in [0.15, 0.2) is 53.1 Å². The van der Waals surface area contributed by atoms with Crippen molar-refractivity contribution < 1.29 is 22.1 Å². The topological polar surface area (TPSA) is 45.4 Å². The van der Waals surface area contributed by atoms with Crippen molar-refractivity contribution in [3.63, 3.8) is 0 Å². The van der Waals surface area contributed by atoms with Gasteiger partial charge >= 0.3 is 6.18 Å². The van der Waals surface area contributed by atoms with Gasteiger partial charge in [-0.15, -0.1) is 0 Å². The van der Waals surface area contributed by atoms with Crippen LogP contribution in [0.3, 0.4) is 0 Å².